The summed E-state index contributed by atoms with van der Waals surface area (Å²) in [5.41, 5.74) is 1.26. The summed E-state index contributed by atoms with van der Waals surface area (Å²) in [5, 5.41) is 9.55. The highest BCUT2D eigenvalue weighted by Gasteiger charge is 2.06. The summed E-state index contributed by atoms with van der Waals surface area (Å²) in [5.74, 6) is 0.989. The fraction of sp³-hybridized carbons (Fsp3) is 0.118. The second kappa shape index (κ2) is 6.61. The Bertz CT molecular complexity index is 657. The maximum Gasteiger partial charge on any atom is 0.186 e. The Kier molecular flexibility index (Phi) is 4.61. The zero-order valence-electron chi connectivity index (χ0n) is 11.9. The molecule has 0 unspecified atom stereocenters. The Morgan fingerprint density at radius 3 is 2.29 bits per heavy atom. The van der Waals surface area contributed by atoms with Gasteiger partial charge in [0.05, 0.1) is 14.2 Å². The highest BCUT2D eigenvalue weighted by molar-refractivity contribution is 6.07. The van der Waals surface area contributed by atoms with E-state index in [4.69, 9.17) is 9.47 Å². The molecule has 0 saturated heterocycles. The van der Waals surface area contributed by atoms with Crippen molar-refractivity contribution in [2.24, 2.45) is 0 Å². The second-order valence-electron chi connectivity index (χ2n) is 4.39. The third-order valence-corrected chi connectivity index (χ3v) is 2.95. The van der Waals surface area contributed by atoms with Gasteiger partial charge in [0.1, 0.15) is 17.2 Å². The summed E-state index contributed by atoms with van der Waals surface area (Å²) in [7, 11) is 3.08. The Hall–Kier alpha value is -2.75. The molecular weight excluding hydrogens is 268 g/mol. The molecule has 0 amide bonds. The molecule has 1 N–H and O–H groups in total. The number of carbonyl (C=O) groups is 1. The lowest BCUT2D eigenvalue weighted by Gasteiger charge is -2.03. The molecule has 2 aromatic carbocycles. The van der Waals surface area contributed by atoms with Crippen LogP contribution in [0.3, 0.4) is 0 Å². The van der Waals surface area contributed by atoms with Crippen molar-refractivity contribution in [2.75, 3.05) is 14.2 Å². The molecule has 2 aromatic rings. The van der Waals surface area contributed by atoms with Crippen LogP contribution in [-0.2, 0) is 0 Å². The number of benzene rings is 2. The quantitative estimate of drug-likeness (QED) is 0.676. The predicted octanol–water partition coefficient (Wildman–Crippen LogP) is 3.31. The van der Waals surface area contributed by atoms with Gasteiger partial charge in [-0.25, -0.2) is 0 Å². The lowest BCUT2D eigenvalue weighted by molar-refractivity contribution is 0.104. The first-order chi connectivity index (χ1) is 10.1. The van der Waals surface area contributed by atoms with Gasteiger partial charge in [-0.2, -0.15) is 0 Å². The van der Waals surface area contributed by atoms with Crippen LogP contribution in [0.25, 0.3) is 6.08 Å². The maximum atomic E-state index is 12.1. The minimum Gasteiger partial charge on any atom is -0.508 e. The van der Waals surface area contributed by atoms with Gasteiger partial charge in [0.15, 0.2) is 5.78 Å². The minimum atomic E-state index is -0.208. The average molecular weight is 284 g/mol. The van der Waals surface area contributed by atoms with Crippen LogP contribution in [0.2, 0.25) is 0 Å². The van der Waals surface area contributed by atoms with Crippen molar-refractivity contribution in [3.63, 3.8) is 0 Å². The summed E-state index contributed by atoms with van der Waals surface area (Å²) in [4.78, 5) is 12.1. The van der Waals surface area contributed by atoms with Crippen molar-refractivity contribution in [3.8, 4) is 17.2 Å². The lowest BCUT2D eigenvalue weighted by Crippen LogP contribution is -1.95. The predicted molar refractivity (Wildman–Crippen MR) is 81.0 cm³/mol. The molecule has 0 saturated carbocycles. The zero-order chi connectivity index (χ0) is 15.2. The first kappa shape index (κ1) is 14.7. The number of aromatic hydroxyl groups is 1. The first-order valence-corrected chi connectivity index (χ1v) is 6.37. The van der Waals surface area contributed by atoms with Crippen LogP contribution in [0, 0.1) is 0 Å². The van der Waals surface area contributed by atoms with Gasteiger partial charge in [-0.05, 0) is 35.9 Å². The van der Waals surface area contributed by atoms with E-state index >= 15 is 0 Å². The Morgan fingerprint density at radius 2 is 1.67 bits per heavy atom. The third kappa shape index (κ3) is 3.86. The smallest absolute Gasteiger partial charge is 0.186 e. The number of ketones is 1. The average Bonchev–Trinajstić information content (AvgIpc) is 2.52. The van der Waals surface area contributed by atoms with Gasteiger partial charge >= 0.3 is 0 Å². The molecule has 0 bridgehead atoms. The van der Waals surface area contributed by atoms with E-state index in [0.717, 1.165) is 11.3 Å². The van der Waals surface area contributed by atoms with E-state index in [1.165, 1.54) is 25.3 Å². The molecule has 4 heteroatoms. The number of rotatable bonds is 5. The molecule has 0 aliphatic carbocycles. The number of hydrogen-bond acceptors (Lipinski definition) is 4. The monoisotopic (exact) mass is 284 g/mol. The number of carbonyl (C=O) groups excluding carboxylic acids is 1. The maximum absolute atomic E-state index is 12.1. The van der Waals surface area contributed by atoms with Crippen LogP contribution >= 0.6 is 0 Å². The second-order valence-corrected chi connectivity index (χ2v) is 4.39. The van der Waals surface area contributed by atoms with Crippen LogP contribution < -0.4 is 9.47 Å². The van der Waals surface area contributed by atoms with Gasteiger partial charge in [0.2, 0.25) is 0 Å². The highest BCUT2D eigenvalue weighted by Crippen LogP contribution is 2.22. The molecule has 0 fully saturated rings. The van der Waals surface area contributed by atoms with Crippen molar-refractivity contribution in [1.29, 1.82) is 0 Å². The topological polar surface area (TPSA) is 55.8 Å². The van der Waals surface area contributed by atoms with Gasteiger partial charge in [0.25, 0.3) is 0 Å². The molecule has 108 valence electrons. The van der Waals surface area contributed by atoms with Crippen molar-refractivity contribution >= 4 is 11.9 Å². The molecule has 4 nitrogen and oxygen atoms in total. The van der Waals surface area contributed by atoms with Crippen molar-refractivity contribution < 1.29 is 19.4 Å². The van der Waals surface area contributed by atoms with Gasteiger partial charge in [0, 0.05) is 11.6 Å². The van der Waals surface area contributed by atoms with Gasteiger partial charge in [-0.1, -0.05) is 18.2 Å². The molecule has 2 rings (SSSR count). The summed E-state index contributed by atoms with van der Waals surface area (Å²) >= 11 is 0. The van der Waals surface area contributed by atoms with E-state index in [9.17, 15) is 9.90 Å². The van der Waals surface area contributed by atoms with E-state index in [1.54, 1.807) is 19.3 Å². The number of phenols is 1. The first-order valence-electron chi connectivity index (χ1n) is 6.37. The summed E-state index contributed by atoms with van der Waals surface area (Å²) in [6, 6.07) is 11.8. The molecule has 0 aromatic heterocycles. The van der Waals surface area contributed by atoms with E-state index < -0.39 is 0 Å². The molecule has 21 heavy (non-hydrogen) atoms. The fourth-order valence-corrected chi connectivity index (χ4v) is 1.83. The number of phenolic OH excluding ortho intramolecular Hbond substituents is 1. The van der Waals surface area contributed by atoms with Crippen LogP contribution in [0.5, 0.6) is 17.2 Å². The molecule has 0 radical (unpaired) electrons. The molecule has 0 spiro atoms. The molecule has 0 aliphatic rings. The van der Waals surface area contributed by atoms with Crippen molar-refractivity contribution in [1.82, 2.24) is 0 Å². The number of allylic oxidation sites excluding steroid dienone is 1. The molecule has 0 heterocycles. The summed E-state index contributed by atoms with van der Waals surface area (Å²) in [6.45, 7) is 0. The van der Waals surface area contributed by atoms with Crippen LogP contribution in [0.1, 0.15) is 15.9 Å². The summed E-state index contributed by atoms with van der Waals surface area (Å²) in [6.07, 6.45) is 3.16. The Balaban J connectivity index is 2.16. The van der Waals surface area contributed by atoms with E-state index in [1.807, 2.05) is 24.3 Å². The largest absolute Gasteiger partial charge is 0.508 e. The Labute approximate surface area is 123 Å². The number of methoxy groups -OCH3 is 2. The van der Waals surface area contributed by atoms with Crippen LogP contribution in [-0.4, -0.2) is 25.1 Å². The van der Waals surface area contributed by atoms with E-state index in [0.29, 0.717) is 11.3 Å². The lowest BCUT2D eigenvalue weighted by atomic mass is 10.1. The standard InChI is InChI=1S/C17H16O4/c1-20-15-6-3-12(4-7-15)5-8-17(19)13-9-14(18)11-16(10-13)21-2/h3-11,18H,1-2H3/b8-5+. The number of ether oxygens (including phenoxy) is 2. The fourth-order valence-electron chi connectivity index (χ4n) is 1.83. The van der Waals surface area contributed by atoms with Crippen LogP contribution in [0.4, 0.5) is 0 Å². The van der Waals surface area contributed by atoms with Crippen molar-refractivity contribution in [2.45, 2.75) is 0 Å². The molecule has 0 aliphatic heterocycles. The Morgan fingerprint density at radius 1 is 1.00 bits per heavy atom. The SMILES string of the molecule is COc1ccc(/C=C/C(=O)c2cc(O)cc(OC)c2)cc1. The van der Waals surface area contributed by atoms with Crippen LogP contribution in [0.15, 0.2) is 48.5 Å². The third-order valence-electron chi connectivity index (χ3n) is 2.95. The van der Waals surface area contributed by atoms with E-state index in [2.05, 4.69) is 0 Å². The highest BCUT2D eigenvalue weighted by atomic mass is 16.5. The van der Waals surface area contributed by atoms with Gasteiger partial charge < -0.3 is 14.6 Å². The minimum absolute atomic E-state index is 0.00412. The summed E-state index contributed by atoms with van der Waals surface area (Å²) < 4.78 is 10.1. The number of hydrogen-bond donors (Lipinski definition) is 1. The molecular formula is C17H16O4. The normalized spacial score (nSPS) is 10.6. The zero-order valence-corrected chi connectivity index (χ0v) is 11.9. The van der Waals surface area contributed by atoms with Gasteiger partial charge in [-0.15, -0.1) is 0 Å². The molecule has 0 atom stereocenters. The van der Waals surface area contributed by atoms with Gasteiger partial charge in [-0.3, -0.25) is 4.79 Å². The van der Waals surface area contributed by atoms with Crippen molar-refractivity contribution in [3.05, 3.63) is 59.7 Å². The van der Waals surface area contributed by atoms with E-state index in [-0.39, 0.29) is 11.5 Å².